The van der Waals surface area contributed by atoms with Gasteiger partial charge in [-0.2, -0.15) is 0 Å². The molecule has 0 aliphatic rings. The first kappa shape index (κ1) is 22.3. The van der Waals surface area contributed by atoms with E-state index >= 15 is 0 Å². The van der Waals surface area contributed by atoms with Crippen LogP contribution in [0.1, 0.15) is 46.5 Å². The fourth-order valence-corrected chi connectivity index (χ4v) is 3.06. The second kappa shape index (κ2) is 11.8. The number of nitrogens with zero attached hydrogens (tertiary/aromatic N) is 1. The van der Waals surface area contributed by atoms with Crippen LogP contribution in [0.15, 0.2) is 34.2 Å². The predicted molar refractivity (Wildman–Crippen MR) is 108 cm³/mol. The molecule has 6 nitrogen and oxygen atoms in total. The molecular weight excluding hydrogens is 350 g/mol. The number of guanidine groups is 1. The Kier molecular flexibility index (Phi) is 10.1. The average Bonchev–Trinajstić information content (AvgIpc) is 2.58. The van der Waals surface area contributed by atoms with E-state index < -0.39 is 9.84 Å². The number of ether oxygens (including phenoxy) is 1. The highest BCUT2D eigenvalue weighted by atomic mass is 32.2. The summed E-state index contributed by atoms with van der Waals surface area (Å²) in [6.45, 7) is 8.17. The second-order valence-electron chi connectivity index (χ2n) is 6.39. The molecule has 148 valence electrons. The topological polar surface area (TPSA) is 79.8 Å². The standard InChI is InChI=1S/C19H33N3O3S/c1-5-7-8-9-16(3)22-19(20-6-2)21-14-15-25-17-10-12-18(13-11-17)26(4,23)24/h10-13,16H,5-9,14-15H2,1-4H3,(H2,20,21,22). The maximum atomic E-state index is 11.4. The Bertz CT molecular complexity index is 642. The van der Waals surface area contributed by atoms with Gasteiger partial charge in [0.15, 0.2) is 15.8 Å². The van der Waals surface area contributed by atoms with Crippen molar-refractivity contribution >= 4 is 15.8 Å². The smallest absolute Gasteiger partial charge is 0.191 e. The monoisotopic (exact) mass is 383 g/mol. The molecule has 0 aromatic heterocycles. The molecule has 1 unspecified atom stereocenters. The van der Waals surface area contributed by atoms with E-state index in [2.05, 4.69) is 29.5 Å². The molecule has 0 saturated carbocycles. The van der Waals surface area contributed by atoms with Gasteiger partial charge < -0.3 is 15.4 Å². The third-order valence-corrected chi connectivity index (χ3v) is 4.98. The lowest BCUT2D eigenvalue weighted by atomic mass is 10.1. The fraction of sp³-hybridized carbons (Fsp3) is 0.632. The van der Waals surface area contributed by atoms with Crippen molar-refractivity contribution in [3.8, 4) is 5.75 Å². The van der Waals surface area contributed by atoms with Crippen LogP contribution in [0.5, 0.6) is 5.75 Å². The summed E-state index contributed by atoms with van der Waals surface area (Å²) in [5, 5.41) is 6.66. The van der Waals surface area contributed by atoms with Gasteiger partial charge in [0.1, 0.15) is 12.4 Å². The molecule has 1 aromatic carbocycles. The minimum Gasteiger partial charge on any atom is -0.492 e. The Morgan fingerprint density at radius 3 is 2.46 bits per heavy atom. The summed E-state index contributed by atoms with van der Waals surface area (Å²) < 4.78 is 28.5. The molecule has 0 heterocycles. The normalized spacial score (nSPS) is 13.3. The predicted octanol–water partition coefficient (Wildman–Crippen LogP) is 2.99. The third-order valence-electron chi connectivity index (χ3n) is 3.85. The van der Waals surface area contributed by atoms with E-state index in [0.29, 0.717) is 29.8 Å². The first-order valence-corrected chi connectivity index (χ1v) is 11.2. The van der Waals surface area contributed by atoms with E-state index in [1.807, 2.05) is 6.92 Å². The van der Waals surface area contributed by atoms with Gasteiger partial charge in [-0.3, -0.25) is 0 Å². The summed E-state index contributed by atoms with van der Waals surface area (Å²) >= 11 is 0. The SMILES string of the molecule is CCCCCC(C)NC(=NCCOc1ccc(S(C)(=O)=O)cc1)NCC. The minimum atomic E-state index is -3.18. The van der Waals surface area contributed by atoms with Crippen molar-refractivity contribution in [3.63, 3.8) is 0 Å². The average molecular weight is 384 g/mol. The van der Waals surface area contributed by atoms with Gasteiger partial charge in [-0.25, -0.2) is 13.4 Å². The van der Waals surface area contributed by atoms with Crippen molar-refractivity contribution in [2.75, 3.05) is 26.0 Å². The van der Waals surface area contributed by atoms with Crippen molar-refractivity contribution in [1.82, 2.24) is 10.6 Å². The number of hydrogen-bond donors (Lipinski definition) is 2. The first-order valence-electron chi connectivity index (χ1n) is 9.34. The molecule has 1 aromatic rings. The number of benzene rings is 1. The van der Waals surface area contributed by atoms with Crippen molar-refractivity contribution in [2.45, 2.75) is 57.4 Å². The van der Waals surface area contributed by atoms with Crippen LogP contribution in [0.25, 0.3) is 0 Å². The van der Waals surface area contributed by atoms with Crippen LogP contribution in [-0.2, 0) is 9.84 Å². The van der Waals surface area contributed by atoms with Gasteiger partial charge in [-0.15, -0.1) is 0 Å². The number of unbranched alkanes of at least 4 members (excludes halogenated alkanes) is 2. The lowest BCUT2D eigenvalue weighted by Crippen LogP contribution is -2.42. The Hall–Kier alpha value is -1.76. The zero-order valence-corrected chi connectivity index (χ0v) is 17.2. The van der Waals surface area contributed by atoms with Crippen LogP contribution < -0.4 is 15.4 Å². The van der Waals surface area contributed by atoms with Crippen LogP contribution in [0.4, 0.5) is 0 Å². The molecule has 0 radical (unpaired) electrons. The highest BCUT2D eigenvalue weighted by Gasteiger charge is 2.07. The van der Waals surface area contributed by atoms with Gasteiger partial charge in [-0.1, -0.05) is 26.2 Å². The maximum absolute atomic E-state index is 11.4. The number of hydrogen-bond acceptors (Lipinski definition) is 4. The molecule has 26 heavy (non-hydrogen) atoms. The quantitative estimate of drug-likeness (QED) is 0.349. The fourth-order valence-electron chi connectivity index (χ4n) is 2.43. The van der Waals surface area contributed by atoms with E-state index in [4.69, 9.17) is 4.74 Å². The number of aliphatic imine (C=N–C) groups is 1. The molecule has 7 heteroatoms. The molecule has 0 amide bonds. The van der Waals surface area contributed by atoms with Gasteiger partial charge in [0.05, 0.1) is 11.4 Å². The Morgan fingerprint density at radius 2 is 1.88 bits per heavy atom. The Morgan fingerprint density at radius 1 is 1.19 bits per heavy atom. The molecule has 0 fully saturated rings. The van der Waals surface area contributed by atoms with Crippen LogP contribution in [-0.4, -0.2) is 46.4 Å². The van der Waals surface area contributed by atoms with E-state index in [1.54, 1.807) is 24.3 Å². The molecule has 0 saturated heterocycles. The summed E-state index contributed by atoms with van der Waals surface area (Å²) in [4.78, 5) is 4.82. The summed E-state index contributed by atoms with van der Waals surface area (Å²) in [5.41, 5.74) is 0. The lowest BCUT2D eigenvalue weighted by molar-refractivity contribution is 0.328. The molecule has 0 aliphatic carbocycles. The molecule has 1 atom stereocenters. The molecule has 0 aliphatic heterocycles. The van der Waals surface area contributed by atoms with Crippen LogP contribution in [0, 0.1) is 0 Å². The third kappa shape index (κ3) is 9.08. The zero-order chi connectivity index (χ0) is 19.4. The van der Waals surface area contributed by atoms with E-state index in [-0.39, 0.29) is 0 Å². The van der Waals surface area contributed by atoms with E-state index in [1.165, 1.54) is 25.5 Å². The largest absolute Gasteiger partial charge is 0.492 e. The molecule has 0 bridgehead atoms. The number of rotatable bonds is 11. The Balaban J connectivity index is 2.45. The number of nitrogens with one attached hydrogen (secondary N) is 2. The summed E-state index contributed by atoms with van der Waals surface area (Å²) in [5.74, 6) is 1.44. The van der Waals surface area contributed by atoms with Gasteiger partial charge in [-0.05, 0) is 44.5 Å². The second-order valence-corrected chi connectivity index (χ2v) is 8.41. The van der Waals surface area contributed by atoms with E-state index in [0.717, 1.165) is 18.9 Å². The lowest BCUT2D eigenvalue weighted by Gasteiger charge is -2.17. The molecule has 0 spiro atoms. The van der Waals surface area contributed by atoms with Gasteiger partial charge in [0.25, 0.3) is 0 Å². The van der Waals surface area contributed by atoms with Crippen LogP contribution in [0.3, 0.4) is 0 Å². The molecule has 1 rings (SSSR count). The Labute approximate surface area is 158 Å². The van der Waals surface area contributed by atoms with Gasteiger partial charge in [0.2, 0.25) is 0 Å². The molecule has 2 N–H and O–H groups in total. The first-order chi connectivity index (χ1) is 12.4. The van der Waals surface area contributed by atoms with Crippen molar-refractivity contribution in [3.05, 3.63) is 24.3 Å². The zero-order valence-electron chi connectivity index (χ0n) is 16.4. The highest BCUT2D eigenvalue weighted by Crippen LogP contribution is 2.15. The highest BCUT2D eigenvalue weighted by molar-refractivity contribution is 7.90. The molecular formula is C19H33N3O3S. The van der Waals surface area contributed by atoms with Gasteiger partial charge in [0, 0.05) is 18.8 Å². The van der Waals surface area contributed by atoms with Crippen molar-refractivity contribution in [1.29, 1.82) is 0 Å². The minimum absolute atomic E-state index is 0.290. The van der Waals surface area contributed by atoms with Crippen molar-refractivity contribution < 1.29 is 13.2 Å². The van der Waals surface area contributed by atoms with Crippen LogP contribution >= 0.6 is 0 Å². The van der Waals surface area contributed by atoms with Gasteiger partial charge >= 0.3 is 0 Å². The summed E-state index contributed by atoms with van der Waals surface area (Å²) in [6, 6.07) is 6.82. The van der Waals surface area contributed by atoms with E-state index in [9.17, 15) is 8.42 Å². The van der Waals surface area contributed by atoms with Crippen LogP contribution in [0.2, 0.25) is 0 Å². The maximum Gasteiger partial charge on any atom is 0.191 e. The summed E-state index contributed by atoms with van der Waals surface area (Å²) in [7, 11) is -3.18. The van der Waals surface area contributed by atoms with Crippen molar-refractivity contribution in [2.24, 2.45) is 4.99 Å². The summed E-state index contributed by atoms with van der Waals surface area (Å²) in [6.07, 6.45) is 6.02. The number of sulfone groups is 1.